The zero-order valence-corrected chi connectivity index (χ0v) is 15.2. The zero-order chi connectivity index (χ0) is 18.4. The number of nitrogens with zero attached hydrogens (tertiary/aromatic N) is 3. The van der Waals surface area contributed by atoms with Gasteiger partial charge in [-0.1, -0.05) is 11.6 Å². The van der Waals surface area contributed by atoms with Crippen molar-refractivity contribution in [1.29, 1.82) is 0 Å². The highest BCUT2D eigenvalue weighted by Crippen LogP contribution is 2.21. The SMILES string of the molecule is Cc1cc(C(=O)NCCCN(C)C)nc(Nc2ccc(F)c(Cl)c2)n1. The van der Waals surface area contributed by atoms with Gasteiger partial charge in [-0.3, -0.25) is 4.79 Å². The summed E-state index contributed by atoms with van der Waals surface area (Å²) >= 11 is 5.76. The number of hydrogen-bond donors (Lipinski definition) is 2. The van der Waals surface area contributed by atoms with E-state index in [4.69, 9.17) is 11.6 Å². The molecule has 0 aliphatic rings. The van der Waals surface area contributed by atoms with Crippen molar-refractivity contribution in [2.24, 2.45) is 0 Å². The Morgan fingerprint density at radius 1 is 1.28 bits per heavy atom. The van der Waals surface area contributed by atoms with Crippen LogP contribution in [-0.4, -0.2) is 48.0 Å². The lowest BCUT2D eigenvalue weighted by Gasteiger charge is -2.11. The summed E-state index contributed by atoms with van der Waals surface area (Å²) in [6.45, 7) is 3.23. The van der Waals surface area contributed by atoms with Gasteiger partial charge in [0.1, 0.15) is 11.5 Å². The molecule has 0 aliphatic heterocycles. The van der Waals surface area contributed by atoms with Crippen LogP contribution in [0.4, 0.5) is 16.0 Å². The van der Waals surface area contributed by atoms with Crippen LogP contribution < -0.4 is 10.6 Å². The topological polar surface area (TPSA) is 70.2 Å². The number of anilines is 2. The Morgan fingerprint density at radius 2 is 2.04 bits per heavy atom. The summed E-state index contributed by atoms with van der Waals surface area (Å²) in [5.74, 6) is -0.513. The van der Waals surface area contributed by atoms with Crippen molar-refractivity contribution < 1.29 is 9.18 Å². The molecule has 0 bridgehead atoms. The van der Waals surface area contributed by atoms with Gasteiger partial charge < -0.3 is 15.5 Å². The van der Waals surface area contributed by atoms with Crippen LogP contribution in [0.25, 0.3) is 0 Å². The maximum Gasteiger partial charge on any atom is 0.270 e. The third-order valence-electron chi connectivity index (χ3n) is 3.33. The molecule has 134 valence electrons. The van der Waals surface area contributed by atoms with Crippen molar-refractivity contribution >= 4 is 29.1 Å². The average Bonchev–Trinajstić information content (AvgIpc) is 2.54. The Morgan fingerprint density at radius 3 is 2.72 bits per heavy atom. The molecule has 0 aliphatic carbocycles. The maximum absolute atomic E-state index is 13.2. The number of aromatic nitrogens is 2. The molecular weight excluding hydrogens is 345 g/mol. The molecule has 1 aromatic carbocycles. The highest BCUT2D eigenvalue weighted by molar-refractivity contribution is 6.31. The first kappa shape index (κ1) is 19.1. The van der Waals surface area contributed by atoms with E-state index < -0.39 is 5.82 Å². The minimum Gasteiger partial charge on any atom is -0.351 e. The summed E-state index contributed by atoms with van der Waals surface area (Å²) in [6, 6.07) is 5.82. The quantitative estimate of drug-likeness (QED) is 0.738. The lowest BCUT2D eigenvalue weighted by Crippen LogP contribution is -2.28. The molecule has 0 unspecified atom stereocenters. The van der Waals surface area contributed by atoms with E-state index in [9.17, 15) is 9.18 Å². The van der Waals surface area contributed by atoms with Crippen molar-refractivity contribution in [2.45, 2.75) is 13.3 Å². The Hall–Kier alpha value is -2.25. The van der Waals surface area contributed by atoms with E-state index in [1.165, 1.54) is 18.2 Å². The second-order valence-electron chi connectivity index (χ2n) is 5.88. The molecule has 1 aromatic heterocycles. The number of halogens is 2. The van der Waals surface area contributed by atoms with Crippen LogP contribution in [0.5, 0.6) is 0 Å². The fraction of sp³-hybridized carbons (Fsp3) is 0.353. The molecular formula is C17H21ClFN5O. The van der Waals surface area contributed by atoms with Crippen LogP contribution >= 0.6 is 11.6 Å². The van der Waals surface area contributed by atoms with Crippen molar-refractivity contribution in [1.82, 2.24) is 20.2 Å². The van der Waals surface area contributed by atoms with Crippen LogP contribution in [0.3, 0.4) is 0 Å². The molecule has 6 nitrogen and oxygen atoms in total. The summed E-state index contributed by atoms with van der Waals surface area (Å²) < 4.78 is 13.2. The van der Waals surface area contributed by atoms with Gasteiger partial charge in [-0.2, -0.15) is 0 Å². The number of nitrogens with one attached hydrogen (secondary N) is 2. The van der Waals surface area contributed by atoms with Crippen LogP contribution in [0.15, 0.2) is 24.3 Å². The number of rotatable bonds is 7. The van der Waals surface area contributed by atoms with E-state index in [0.717, 1.165) is 13.0 Å². The van der Waals surface area contributed by atoms with Gasteiger partial charge in [-0.15, -0.1) is 0 Å². The van der Waals surface area contributed by atoms with E-state index in [1.807, 2.05) is 14.1 Å². The predicted octanol–water partition coefficient (Wildman–Crippen LogP) is 3.00. The second kappa shape index (κ2) is 8.73. The maximum atomic E-state index is 13.2. The van der Waals surface area contributed by atoms with Crippen molar-refractivity contribution in [3.63, 3.8) is 0 Å². The smallest absolute Gasteiger partial charge is 0.270 e. The van der Waals surface area contributed by atoms with Gasteiger partial charge in [0, 0.05) is 17.9 Å². The molecule has 0 radical (unpaired) electrons. The number of aryl methyl sites for hydroxylation is 1. The Bertz CT molecular complexity index is 754. The van der Waals surface area contributed by atoms with E-state index in [1.54, 1.807) is 13.0 Å². The molecule has 2 N–H and O–H groups in total. The number of hydrogen-bond acceptors (Lipinski definition) is 5. The summed E-state index contributed by atoms with van der Waals surface area (Å²) in [5.41, 5.74) is 1.45. The van der Waals surface area contributed by atoms with Crippen molar-refractivity contribution in [3.8, 4) is 0 Å². The second-order valence-corrected chi connectivity index (χ2v) is 6.29. The van der Waals surface area contributed by atoms with E-state index in [0.29, 0.717) is 17.9 Å². The zero-order valence-electron chi connectivity index (χ0n) is 14.4. The molecule has 25 heavy (non-hydrogen) atoms. The van der Waals surface area contributed by atoms with E-state index >= 15 is 0 Å². The van der Waals surface area contributed by atoms with Gasteiger partial charge in [-0.25, -0.2) is 14.4 Å². The fourth-order valence-corrected chi connectivity index (χ4v) is 2.31. The van der Waals surface area contributed by atoms with Crippen LogP contribution in [0.1, 0.15) is 22.6 Å². The Balaban J connectivity index is 2.06. The summed E-state index contributed by atoms with van der Waals surface area (Å²) in [5, 5.41) is 5.76. The monoisotopic (exact) mass is 365 g/mol. The molecule has 0 saturated heterocycles. The van der Waals surface area contributed by atoms with Crippen LogP contribution in [0.2, 0.25) is 5.02 Å². The fourth-order valence-electron chi connectivity index (χ4n) is 2.13. The molecule has 2 aromatic rings. The van der Waals surface area contributed by atoms with E-state index in [2.05, 4.69) is 25.5 Å². The highest BCUT2D eigenvalue weighted by Gasteiger charge is 2.11. The number of carbonyl (C=O) groups excluding carboxylic acids is 1. The standard InChI is InChI=1S/C17H21ClFN5O/c1-11-9-15(16(25)20-7-4-8-24(2)3)23-17(21-11)22-12-5-6-14(19)13(18)10-12/h5-6,9-10H,4,7-8H2,1-3H3,(H,20,25)(H,21,22,23). The molecule has 0 fully saturated rings. The molecule has 0 atom stereocenters. The number of carbonyl (C=O) groups is 1. The van der Waals surface area contributed by atoms with Gasteiger partial charge in [0.2, 0.25) is 5.95 Å². The predicted molar refractivity (Wildman–Crippen MR) is 97.0 cm³/mol. The van der Waals surface area contributed by atoms with Gasteiger partial charge in [-0.05, 0) is 58.3 Å². The average molecular weight is 366 g/mol. The van der Waals surface area contributed by atoms with Gasteiger partial charge in [0.15, 0.2) is 0 Å². The first-order valence-corrected chi connectivity index (χ1v) is 8.23. The summed E-state index contributed by atoms with van der Waals surface area (Å²) in [6.07, 6.45) is 0.849. The van der Waals surface area contributed by atoms with Gasteiger partial charge in [0.25, 0.3) is 5.91 Å². The molecule has 2 rings (SSSR count). The van der Waals surface area contributed by atoms with Crippen LogP contribution in [0, 0.1) is 12.7 Å². The Labute approximate surface area is 151 Å². The first-order valence-electron chi connectivity index (χ1n) is 7.86. The Kier molecular flexibility index (Phi) is 6.66. The molecule has 0 saturated carbocycles. The summed E-state index contributed by atoms with van der Waals surface area (Å²) in [4.78, 5) is 22.7. The lowest BCUT2D eigenvalue weighted by molar-refractivity contribution is 0.0947. The van der Waals surface area contributed by atoms with Crippen LogP contribution in [-0.2, 0) is 0 Å². The molecule has 8 heteroatoms. The molecule has 1 heterocycles. The van der Waals surface area contributed by atoms with Gasteiger partial charge in [0.05, 0.1) is 5.02 Å². The molecule has 1 amide bonds. The minimum absolute atomic E-state index is 0.00323. The third kappa shape index (κ3) is 5.95. The third-order valence-corrected chi connectivity index (χ3v) is 3.62. The highest BCUT2D eigenvalue weighted by atomic mass is 35.5. The normalized spacial score (nSPS) is 10.8. The molecule has 0 spiro atoms. The summed E-state index contributed by atoms with van der Waals surface area (Å²) in [7, 11) is 3.96. The number of benzene rings is 1. The first-order chi connectivity index (χ1) is 11.8. The van der Waals surface area contributed by atoms with E-state index in [-0.39, 0.29) is 22.6 Å². The van der Waals surface area contributed by atoms with Gasteiger partial charge >= 0.3 is 0 Å². The van der Waals surface area contributed by atoms with Crippen molar-refractivity contribution in [2.75, 3.05) is 32.5 Å². The largest absolute Gasteiger partial charge is 0.351 e. The number of amides is 1. The lowest BCUT2D eigenvalue weighted by atomic mass is 10.3. The van der Waals surface area contributed by atoms with Crippen molar-refractivity contribution in [3.05, 3.63) is 46.5 Å². The minimum atomic E-state index is -0.504.